The third kappa shape index (κ3) is 3.66. The van der Waals surface area contributed by atoms with Gasteiger partial charge in [-0.15, -0.1) is 11.3 Å². The van der Waals surface area contributed by atoms with E-state index in [-0.39, 0.29) is 0 Å². The summed E-state index contributed by atoms with van der Waals surface area (Å²) in [7, 11) is 0. The molecule has 1 aliphatic heterocycles. The Balaban J connectivity index is 1.35. The zero-order chi connectivity index (χ0) is 15.6. The maximum Gasteiger partial charge on any atom is 0.134 e. The Labute approximate surface area is 147 Å². The van der Waals surface area contributed by atoms with Crippen molar-refractivity contribution >= 4 is 38.2 Å². The fourth-order valence-electron chi connectivity index (χ4n) is 3.02. The molecule has 1 aromatic carbocycles. The summed E-state index contributed by atoms with van der Waals surface area (Å²) in [6.07, 6.45) is 0. The number of nitrogens with zero attached hydrogens (tertiary/aromatic N) is 3. The predicted molar refractivity (Wildman–Crippen MR) is 96.6 cm³/mol. The highest BCUT2D eigenvalue weighted by molar-refractivity contribution is 9.10. The molecule has 6 heteroatoms. The van der Waals surface area contributed by atoms with Crippen LogP contribution in [0.15, 0.2) is 44.0 Å². The molecule has 0 unspecified atom stereocenters. The first-order valence-corrected chi connectivity index (χ1v) is 9.49. The Morgan fingerprint density at radius 1 is 1.09 bits per heavy atom. The maximum atomic E-state index is 5.95. The van der Waals surface area contributed by atoms with Gasteiger partial charge >= 0.3 is 0 Å². The molecule has 3 heterocycles. The highest BCUT2D eigenvalue weighted by Crippen LogP contribution is 2.24. The average molecular weight is 392 g/mol. The number of halogens is 1. The summed E-state index contributed by atoms with van der Waals surface area (Å²) in [5.74, 6) is 1.05. The van der Waals surface area contributed by atoms with Crippen LogP contribution in [0.25, 0.3) is 11.0 Å². The molecule has 120 valence electrons. The van der Waals surface area contributed by atoms with E-state index in [0.29, 0.717) is 0 Å². The molecule has 3 aromatic rings. The van der Waals surface area contributed by atoms with Crippen LogP contribution in [0.4, 0.5) is 0 Å². The van der Waals surface area contributed by atoms with E-state index in [1.54, 1.807) is 11.3 Å². The summed E-state index contributed by atoms with van der Waals surface area (Å²) in [6, 6.07) is 8.30. The number of hydrogen-bond acceptors (Lipinski definition) is 5. The van der Waals surface area contributed by atoms with Gasteiger partial charge < -0.3 is 4.42 Å². The standard InChI is InChI=1S/C17H18BrN3OS/c18-14-1-2-17-13(7-14)8-16(22-17)10-21-5-3-20(4-6-21)9-15-11-23-12-19-15/h1-2,7-8,11-12H,3-6,9-10H2. The van der Waals surface area contributed by atoms with Gasteiger partial charge in [0.1, 0.15) is 11.3 Å². The number of piperazine rings is 1. The number of thiazole rings is 1. The highest BCUT2D eigenvalue weighted by atomic mass is 79.9. The molecule has 0 atom stereocenters. The minimum absolute atomic E-state index is 0.886. The van der Waals surface area contributed by atoms with E-state index in [0.717, 1.165) is 60.5 Å². The first-order valence-electron chi connectivity index (χ1n) is 7.76. The zero-order valence-electron chi connectivity index (χ0n) is 12.7. The molecule has 1 saturated heterocycles. The van der Waals surface area contributed by atoms with E-state index < -0.39 is 0 Å². The number of furan rings is 1. The van der Waals surface area contributed by atoms with E-state index in [2.05, 4.69) is 48.2 Å². The quantitative estimate of drug-likeness (QED) is 0.673. The van der Waals surface area contributed by atoms with E-state index in [4.69, 9.17) is 4.42 Å². The van der Waals surface area contributed by atoms with Crippen molar-refractivity contribution < 1.29 is 4.42 Å². The molecule has 0 spiro atoms. The Kier molecular flexibility index (Phi) is 4.48. The second kappa shape index (κ2) is 6.73. The lowest BCUT2D eigenvalue weighted by Crippen LogP contribution is -2.45. The SMILES string of the molecule is Brc1ccc2oc(CN3CCN(Cc4cscn4)CC3)cc2c1. The lowest BCUT2D eigenvalue weighted by Gasteiger charge is -2.33. The van der Waals surface area contributed by atoms with Gasteiger partial charge in [-0.3, -0.25) is 9.80 Å². The number of benzene rings is 1. The summed E-state index contributed by atoms with van der Waals surface area (Å²) in [5, 5.41) is 3.30. The van der Waals surface area contributed by atoms with E-state index in [1.807, 2.05) is 17.6 Å². The van der Waals surface area contributed by atoms with Crippen molar-refractivity contribution in [2.75, 3.05) is 26.2 Å². The summed E-state index contributed by atoms with van der Waals surface area (Å²) < 4.78 is 7.04. The van der Waals surface area contributed by atoms with Crippen molar-refractivity contribution in [3.05, 3.63) is 51.1 Å². The fraction of sp³-hybridized carbons (Fsp3) is 0.353. The van der Waals surface area contributed by atoms with Crippen molar-refractivity contribution in [2.45, 2.75) is 13.1 Å². The van der Waals surface area contributed by atoms with Crippen molar-refractivity contribution in [2.24, 2.45) is 0 Å². The zero-order valence-corrected chi connectivity index (χ0v) is 15.1. The van der Waals surface area contributed by atoms with E-state index in [9.17, 15) is 0 Å². The van der Waals surface area contributed by atoms with Crippen LogP contribution < -0.4 is 0 Å². The van der Waals surface area contributed by atoms with Crippen LogP contribution in [0.2, 0.25) is 0 Å². The molecule has 4 rings (SSSR count). The van der Waals surface area contributed by atoms with Gasteiger partial charge in [0.15, 0.2) is 0 Å². The molecule has 0 amide bonds. The average Bonchev–Trinajstić information content (AvgIpc) is 3.18. The Morgan fingerprint density at radius 3 is 2.61 bits per heavy atom. The monoisotopic (exact) mass is 391 g/mol. The second-order valence-corrected chi connectivity index (χ2v) is 7.56. The molecular weight excluding hydrogens is 374 g/mol. The van der Waals surface area contributed by atoms with Crippen LogP contribution >= 0.6 is 27.3 Å². The number of fused-ring (bicyclic) bond motifs is 1. The molecule has 1 aliphatic rings. The van der Waals surface area contributed by atoms with Crippen LogP contribution in [-0.2, 0) is 13.1 Å². The lowest BCUT2D eigenvalue weighted by molar-refractivity contribution is 0.116. The van der Waals surface area contributed by atoms with Gasteiger partial charge in [-0.1, -0.05) is 15.9 Å². The molecular formula is C17H18BrN3OS. The first kappa shape index (κ1) is 15.3. The van der Waals surface area contributed by atoms with Crippen LogP contribution in [0.1, 0.15) is 11.5 Å². The topological polar surface area (TPSA) is 32.5 Å². The molecule has 23 heavy (non-hydrogen) atoms. The molecule has 1 fully saturated rings. The molecule has 0 bridgehead atoms. The van der Waals surface area contributed by atoms with Gasteiger partial charge in [-0.2, -0.15) is 0 Å². The number of hydrogen-bond donors (Lipinski definition) is 0. The van der Waals surface area contributed by atoms with Crippen LogP contribution in [0.3, 0.4) is 0 Å². The normalized spacial score (nSPS) is 17.1. The van der Waals surface area contributed by atoms with Gasteiger partial charge in [0.25, 0.3) is 0 Å². The maximum absolute atomic E-state index is 5.95. The fourth-order valence-corrected chi connectivity index (χ4v) is 3.95. The minimum Gasteiger partial charge on any atom is -0.460 e. The Hall–Kier alpha value is -1.21. The Morgan fingerprint density at radius 2 is 1.87 bits per heavy atom. The first-order chi connectivity index (χ1) is 11.3. The van der Waals surface area contributed by atoms with Crippen molar-refractivity contribution in [1.29, 1.82) is 0 Å². The molecule has 4 nitrogen and oxygen atoms in total. The van der Waals surface area contributed by atoms with Gasteiger partial charge in [0.2, 0.25) is 0 Å². The predicted octanol–water partition coefficient (Wildman–Crippen LogP) is 3.97. The smallest absolute Gasteiger partial charge is 0.134 e. The second-order valence-electron chi connectivity index (χ2n) is 5.93. The van der Waals surface area contributed by atoms with Crippen LogP contribution in [0, 0.1) is 0 Å². The van der Waals surface area contributed by atoms with Crippen molar-refractivity contribution in [3.8, 4) is 0 Å². The lowest BCUT2D eigenvalue weighted by atomic mass is 10.2. The van der Waals surface area contributed by atoms with Gasteiger partial charge in [0, 0.05) is 48.0 Å². The van der Waals surface area contributed by atoms with E-state index in [1.165, 1.54) is 5.69 Å². The van der Waals surface area contributed by atoms with Crippen molar-refractivity contribution in [1.82, 2.24) is 14.8 Å². The molecule has 0 N–H and O–H groups in total. The molecule has 0 radical (unpaired) electrons. The largest absolute Gasteiger partial charge is 0.460 e. The summed E-state index contributed by atoms with van der Waals surface area (Å²) in [4.78, 5) is 9.31. The van der Waals surface area contributed by atoms with Crippen LogP contribution in [-0.4, -0.2) is 41.0 Å². The molecule has 0 saturated carbocycles. The third-order valence-electron chi connectivity index (χ3n) is 4.24. The summed E-state index contributed by atoms with van der Waals surface area (Å²) in [6.45, 7) is 6.18. The van der Waals surface area contributed by atoms with Crippen molar-refractivity contribution in [3.63, 3.8) is 0 Å². The summed E-state index contributed by atoms with van der Waals surface area (Å²) in [5.41, 5.74) is 4.06. The molecule has 2 aromatic heterocycles. The van der Waals surface area contributed by atoms with Gasteiger partial charge in [-0.25, -0.2) is 4.98 Å². The number of rotatable bonds is 4. The minimum atomic E-state index is 0.886. The van der Waals surface area contributed by atoms with Gasteiger partial charge in [0.05, 0.1) is 17.7 Å². The van der Waals surface area contributed by atoms with E-state index >= 15 is 0 Å². The Bertz CT molecular complexity index is 778. The molecule has 0 aliphatic carbocycles. The van der Waals surface area contributed by atoms with Gasteiger partial charge in [-0.05, 0) is 24.3 Å². The third-order valence-corrected chi connectivity index (χ3v) is 5.37. The summed E-state index contributed by atoms with van der Waals surface area (Å²) >= 11 is 5.18. The highest BCUT2D eigenvalue weighted by Gasteiger charge is 2.18. The number of aromatic nitrogens is 1. The van der Waals surface area contributed by atoms with Crippen LogP contribution in [0.5, 0.6) is 0 Å².